The third-order valence-electron chi connectivity index (χ3n) is 2.72. The summed E-state index contributed by atoms with van der Waals surface area (Å²) in [5.74, 6) is 0.0708. The Morgan fingerprint density at radius 2 is 2.18 bits per heavy atom. The Morgan fingerprint density at radius 1 is 1.41 bits per heavy atom. The van der Waals surface area contributed by atoms with Crippen LogP contribution in [0.1, 0.15) is 25.0 Å². The first-order chi connectivity index (χ1) is 8.06. The first-order valence-electron chi connectivity index (χ1n) is 5.92. The van der Waals surface area contributed by atoms with Crippen LogP contribution in [0.4, 0.5) is 0 Å². The number of amides is 1. The second-order valence-electron chi connectivity index (χ2n) is 4.76. The molecule has 0 radical (unpaired) electrons. The van der Waals surface area contributed by atoms with E-state index in [0.29, 0.717) is 6.42 Å². The topological polar surface area (TPSA) is 44.9 Å². The van der Waals surface area contributed by atoms with Gasteiger partial charge in [0.25, 0.3) is 0 Å². The van der Waals surface area contributed by atoms with E-state index >= 15 is 0 Å². The molecule has 3 nitrogen and oxygen atoms in total. The highest BCUT2D eigenvalue weighted by atomic mass is 16.1. The number of nitrogens with one attached hydrogen (secondary N) is 2. The summed E-state index contributed by atoms with van der Waals surface area (Å²) >= 11 is 0. The molecule has 0 aliphatic carbocycles. The zero-order valence-electron chi connectivity index (χ0n) is 10.5. The molecule has 1 aromatic heterocycles. The Balaban J connectivity index is 2.22. The van der Waals surface area contributed by atoms with Crippen molar-refractivity contribution in [1.29, 1.82) is 0 Å². The zero-order chi connectivity index (χ0) is 12.4. The maximum Gasteiger partial charge on any atom is 0.224 e. The second kappa shape index (κ2) is 4.62. The third kappa shape index (κ3) is 2.67. The Morgan fingerprint density at radius 3 is 2.88 bits per heavy atom. The number of carbonyl (C=O) groups excluding carboxylic acids is 1. The molecule has 1 amide bonds. The minimum Gasteiger partial charge on any atom is -0.361 e. The normalized spacial score (nSPS) is 11.1. The molecular formula is C14H18N2O. The third-order valence-corrected chi connectivity index (χ3v) is 2.72. The molecule has 2 rings (SSSR count). The number of H-pyrrole nitrogens is 1. The molecule has 0 atom stereocenters. The molecule has 90 valence electrons. The monoisotopic (exact) mass is 230 g/mol. The summed E-state index contributed by atoms with van der Waals surface area (Å²) in [6.07, 6.45) is 2.35. The van der Waals surface area contributed by atoms with Gasteiger partial charge in [0.1, 0.15) is 0 Å². The van der Waals surface area contributed by atoms with Crippen molar-refractivity contribution in [3.8, 4) is 0 Å². The van der Waals surface area contributed by atoms with Crippen LogP contribution < -0.4 is 5.32 Å². The van der Waals surface area contributed by atoms with Gasteiger partial charge in [-0.15, -0.1) is 0 Å². The van der Waals surface area contributed by atoms with E-state index in [1.807, 2.05) is 20.0 Å². The largest absolute Gasteiger partial charge is 0.361 e. The Kier molecular flexibility index (Phi) is 3.18. The highest BCUT2D eigenvalue weighted by Gasteiger charge is 2.09. The second-order valence-corrected chi connectivity index (χ2v) is 4.76. The molecule has 1 aromatic carbocycles. The van der Waals surface area contributed by atoms with Gasteiger partial charge >= 0.3 is 0 Å². The minimum atomic E-state index is 0.0708. The fourth-order valence-corrected chi connectivity index (χ4v) is 1.99. The van der Waals surface area contributed by atoms with Gasteiger partial charge in [-0.25, -0.2) is 0 Å². The molecule has 0 aliphatic heterocycles. The van der Waals surface area contributed by atoms with Gasteiger partial charge in [-0.1, -0.05) is 12.1 Å². The van der Waals surface area contributed by atoms with Crippen LogP contribution in [-0.4, -0.2) is 16.9 Å². The number of aryl methyl sites for hydroxylation is 1. The van der Waals surface area contributed by atoms with Crippen LogP contribution in [0.2, 0.25) is 0 Å². The van der Waals surface area contributed by atoms with Crippen LogP contribution >= 0.6 is 0 Å². The summed E-state index contributed by atoms with van der Waals surface area (Å²) in [6.45, 7) is 6.00. The summed E-state index contributed by atoms with van der Waals surface area (Å²) in [5, 5.41) is 4.04. The molecule has 17 heavy (non-hydrogen) atoms. The van der Waals surface area contributed by atoms with Crippen LogP contribution in [-0.2, 0) is 11.2 Å². The van der Waals surface area contributed by atoms with Crippen molar-refractivity contribution >= 4 is 16.8 Å². The van der Waals surface area contributed by atoms with E-state index in [4.69, 9.17) is 0 Å². The fourth-order valence-electron chi connectivity index (χ4n) is 1.99. The van der Waals surface area contributed by atoms with Gasteiger partial charge < -0.3 is 10.3 Å². The van der Waals surface area contributed by atoms with Crippen molar-refractivity contribution in [3.63, 3.8) is 0 Å². The molecule has 0 saturated carbocycles. The Labute approximate surface area is 101 Å². The van der Waals surface area contributed by atoms with E-state index < -0.39 is 0 Å². The highest BCUT2D eigenvalue weighted by Crippen LogP contribution is 2.19. The summed E-state index contributed by atoms with van der Waals surface area (Å²) in [7, 11) is 0. The zero-order valence-corrected chi connectivity index (χ0v) is 10.5. The van der Waals surface area contributed by atoms with Gasteiger partial charge in [0.15, 0.2) is 0 Å². The standard InChI is InChI=1S/C14H18N2O/c1-9(2)16-14(17)7-11-8-15-13-6-10(3)4-5-12(11)13/h4-6,8-9,15H,7H2,1-3H3,(H,16,17). The highest BCUT2D eigenvalue weighted by molar-refractivity contribution is 5.89. The molecule has 0 fully saturated rings. The van der Waals surface area contributed by atoms with Gasteiger partial charge in [-0.05, 0) is 38.0 Å². The van der Waals surface area contributed by atoms with E-state index in [-0.39, 0.29) is 11.9 Å². The van der Waals surface area contributed by atoms with Crippen LogP contribution in [0, 0.1) is 6.92 Å². The maximum atomic E-state index is 11.7. The van der Waals surface area contributed by atoms with E-state index in [9.17, 15) is 4.79 Å². The molecule has 0 unspecified atom stereocenters. The van der Waals surface area contributed by atoms with Crippen LogP contribution in [0.15, 0.2) is 24.4 Å². The molecule has 2 aromatic rings. The predicted molar refractivity (Wildman–Crippen MR) is 70.0 cm³/mol. The molecule has 0 saturated heterocycles. The van der Waals surface area contributed by atoms with Crippen molar-refractivity contribution in [3.05, 3.63) is 35.5 Å². The lowest BCUT2D eigenvalue weighted by atomic mass is 10.1. The molecule has 0 bridgehead atoms. The first-order valence-corrected chi connectivity index (χ1v) is 5.92. The molecule has 2 N–H and O–H groups in total. The SMILES string of the molecule is Cc1ccc2c(CC(=O)NC(C)C)c[nH]c2c1. The van der Waals surface area contributed by atoms with Crippen LogP contribution in [0.25, 0.3) is 10.9 Å². The number of carbonyl (C=O) groups is 1. The summed E-state index contributed by atoms with van der Waals surface area (Å²) in [6, 6.07) is 6.42. The molecule has 3 heteroatoms. The van der Waals surface area contributed by atoms with Gasteiger partial charge in [-0.2, -0.15) is 0 Å². The Hall–Kier alpha value is -1.77. The number of hydrogen-bond acceptors (Lipinski definition) is 1. The molecular weight excluding hydrogens is 212 g/mol. The van der Waals surface area contributed by atoms with Crippen molar-refractivity contribution in [2.45, 2.75) is 33.2 Å². The lowest BCUT2D eigenvalue weighted by molar-refractivity contribution is -0.120. The van der Waals surface area contributed by atoms with Crippen molar-refractivity contribution in [2.75, 3.05) is 0 Å². The smallest absolute Gasteiger partial charge is 0.224 e. The van der Waals surface area contributed by atoms with Crippen LogP contribution in [0.5, 0.6) is 0 Å². The van der Waals surface area contributed by atoms with Crippen LogP contribution in [0.3, 0.4) is 0 Å². The first kappa shape index (κ1) is 11.7. The van der Waals surface area contributed by atoms with Crippen molar-refractivity contribution in [1.82, 2.24) is 10.3 Å². The van der Waals surface area contributed by atoms with Gasteiger partial charge in [0.2, 0.25) is 5.91 Å². The average molecular weight is 230 g/mol. The number of aromatic nitrogens is 1. The average Bonchev–Trinajstić information content (AvgIpc) is 2.59. The van der Waals surface area contributed by atoms with Gasteiger partial charge in [0.05, 0.1) is 6.42 Å². The summed E-state index contributed by atoms with van der Waals surface area (Å²) in [5.41, 5.74) is 3.37. The number of rotatable bonds is 3. The number of aromatic amines is 1. The van der Waals surface area contributed by atoms with Gasteiger partial charge in [-0.3, -0.25) is 4.79 Å². The quantitative estimate of drug-likeness (QED) is 0.836. The van der Waals surface area contributed by atoms with E-state index in [0.717, 1.165) is 16.5 Å². The lowest BCUT2D eigenvalue weighted by Gasteiger charge is -2.07. The van der Waals surface area contributed by atoms with Crippen molar-refractivity contribution < 1.29 is 4.79 Å². The maximum absolute atomic E-state index is 11.7. The van der Waals surface area contributed by atoms with E-state index in [1.54, 1.807) is 0 Å². The molecule has 0 aliphatic rings. The number of fused-ring (bicyclic) bond motifs is 1. The Bertz CT molecular complexity index is 540. The predicted octanol–water partition coefficient (Wildman–Crippen LogP) is 2.54. The summed E-state index contributed by atoms with van der Waals surface area (Å²) < 4.78 is 0. The van der Waals surface area contributed by atoms with E-state index in [1.165, 1.54) is 5.56 Å². The molecule has 1 heterocycles. The number of benzene rings is 1. The fraction of sp³-hybridized carbons (Fsp3) is 0.357. The number of hydrogen-bond donors (Lipinski definition) is 2. The van der Waals surface area contributed by atoms with E-state index in [2.05, 4.69) is 35.4 Å². The van der Waals surface area contributed by atoms with Crippen molar-refractivity contribution in [2.24, 2.45) is 0 Å². The minimum absolute atomic E-state index is 0.0708. The molecule has 0 spiro atoms. The summed E-state index contributed by atoms with van der Waals surface area (Å²) in [4.78, 5) is 14.9. The van der Waals surface area contributed by atoms with Gasteiger partial charge in [0, 0.05) is 23.1 Å². The lowest BCUT2D eigenvalue weighted by Crippen LogP contribution is -2.31.